The SMILES string of the molecule is CN(C)C.NCCO. The Labute approximate surface area is 51.1 Å². The van der Waals surface area contributed by atoms with Gasteiger partial charge in [-0.3, -0.25) is 0 Å². The first-order chi connectivity index (χ1) is 3.65. The van der Waals surface area contributed by atoms with Crippen LogP contribution in [0.3, 0.4) is 0 Å². The van der Waals surface area contributed by atoms with Crippen LogP contribution in [-0.2, 0) is 0 Å². The van der Waals surface area contributed by atoms with Gasteiger partial charge in [0.1, 0.15) is 0 Å². The number of hydrogen-bond donors (Lipinski definition) is 2. The highest BCUT2D eigenvalue weighted by molar-refractivity contribution is 4.17. The van der Waals surface area contributed by atoms with Crippen molar-refractivity contribution in [2.75, 3.05) is 34.3 Å². The predicted octanol–water partition coefficient (Wildman–Crippen LogP) is -0.885. The Morgan fingerprint density at radius 3 is 1.50 bits per heavy atom. The summed E-state index contributed by atoms with van der Waals surface area (Å²) in [5.41, 5.74) is 4.78. The largest absolute Gasteiger partial charge is 0.395 e. The van der Waals surface area contributed by atoms with Crippen molar-refractivity contribution in [2.24, 2.45) is 5.73 Å². The molecule has 0 heterocycles. The number of aliphatic hydroxyl groups excluding tert-OH is 1. The summed E-state index contributed by atoms with van der Waals surface area (Å²) < 4.78 is 0. The first kappa shape index (κ1) is 10.8. The van der Waals surface area contributed by atoms with E-state index >= 15 is 0 Å². The lowest BCUT2D eigenvalue weighted by Crippen LogP contribution is -2.02. The van der Waals surface area contributed by atoms with E-state index in [-0.39, 0.29) is 6.61 Å². The molecule has 0 rings (SSSR count). The Hall–Kier alpha value is -0.120. The maximum Gasteiger partial charge on any atom is 0.0553 e. The molecule has 0 amide bonds. The fraction of sp³-hybridized carbons (Fsp3) is 1.00. The first-order valence-corrected chi connectivity index (χ1v) is 2.57. The molecule has 0 unspecified atom stereocenters. The van der Waals surface area contributed by atoms with E-state index in [0.29, 0.717) is 6.54 Å². The van der Waals surface area contributed by atoms with Crippen LogP contribution in [0.4, 0.5) is 0 Å². The Morgan fingerprint density at radius 2 is 1.50 bits per heavy atom. The van der Waals surface area contributed by atoms with Crippen LogP contribution in [0, 0.1) is 0 Å². The molecule has 3 heteroatoms. The highest BCUT2D eigenvalue weighted by Crippen LogP contribution is 1.47. The number of nitrogens with two attached hydrogens (primary N) is 1. The van der Waals surface area contributed by atoms with Gasteiger partial charge in [-0.15, -0.1) is 0 Å². The van der Waals surface area contributed by atoms with E-state index in [1.807, 2.05) is 26.0 Å². The van der Waals surface area contributed by atoms with Crippen LogP contribution in [0.2, 0.25) is 0 Å². The quantitative estimate of drug-likeness (QED) is 0.472. The molecule has 0 aromatic carbocycles. The van der Waals surface area contributed by atoms with E-state index in [4.69, 9.17) is 10.8 Å². The van der Waals surface area contributed by atoms with Gasteiger partial charge in [0.15, 0.2) is 0 Å². The van der Waals surface area contributed by atoms with Crippen molar-refractivity contribution in [1.29, 1.82) is 0 Å². The summed E-state index contributed by atoms with van der Waals surface area (Å²) in [4.78, 5) is 2.00. The second-order valence-electron chi connectivity index (χ2n) is 1.85. The van der Waals surface area contributed by atoms with Crippen LogP contribution in [0.15, 0.2) is 0 Å². The van der Waals surface area contributed by atoms with Crippen molar-refractivity contribution in [3.63, 3.8) is 0 Å². The molecule has 8 heavy (non-hydrogen) atoms. The Morgan fingerprint density at radius 1 is 1.38 bits per heavy atom. The molecule has 0 saturated carbocycles. The third-order valence-electron chi connectivity index (χ3n) is 0.129. The van der Waals surface area contributed by atoms with Gasteiger partial charge >= 0.3 is 0 Å². The summed E-state index contributed by atoms with van der Waals surface area (Å²) in [5, 5.41) is 7.75. The fourth-order valence-corrected chi connectivity index (χ4v) is 0. The first-order valence-electron chi connectivity index (χ1n) is 2.57. The van der Waals surface area contributed by atoms with Crippen LogP contribution in [0.5, 0.6) is 0 Å². The summed E-state index contributed by atoms with van der Waals surface area (Å²) >= 11 is 0. The van der Waals surface area contributed by atoms with Crippen LogP contribution in [0.1, 0.15) is 0 Å². The van der Waals surface area contributed by atoms with Gasteiger partial charge in [0, 0.05) is 6.54 Å². The summed E-state index contributed by atoms with van der Waals surface area (Å²) in [6, 6.07) is 0. The summed E-state index contributed by atoms with van der Waals surface area (Å²) in [5.74, 6) is 0. The molecule has 0 atom stereocenters. The maximum absolute atomic E-state index is 7.75. The van der Waals surface area contributed by atoms with Gasteiger partial charge in [0.05, 0.1) is 6.61 Å². The van der Waals surface area contributed by atoms with E-state index in [0.717, 1.165) is 0 Å². The minimum Gasteiger partial charge on any atom is -0.395 e. The Bertz CT molecular complexity index is 26.9. The fourth-order valence-electron chi connectivity index (χ4n) is 0. The van der Waals surface area contributed by atoms with Crippen molar-refractivity contribution >= 4 is 0 Å². The lowest BCUT2D eigenvalue weighted by molar-refractivity contribution is 0.306. The number of nitrogens with zero attached hydrogens (tertiary/aromatic N) is 1. The summed E-state index contributed by atoms with van der Waals surface area (Å²) in [7, 11) is 6.00. The van der Waals surface area contributed by atoms with E-state index in [9.17, 15) is 0 Å². The number of hydrogen-bond acceptors (Lipinski definition) is 3. The second-order valence-corrected chi connectivity index (χ2v) is 1.85. The molecule has 3 N–H and O–H groups in total. The van der Waals surface area contributed by atoms with E-state index in [1.54, 1.807) is 0 Å². The normalized spacial score (nSPS) is 8.25. The van der Waals surface area contributed by atoms with Crippen LogP contribution in [-0.4, -0.2) is 44.3 Å². The summed E-state index contributed by atoms with van der Waals surface area (Å²) in [6.45, 7) is 0.472. The third kappa shape index (κ3) is 181. The Kier molecular flexibility index (Phi) is 13.5. The molecular weight excluding hydrogens is 104 g/mol. The van der Waals surface area contributed by atoms with Crippen molar-refractivity contribution in [3.8, 4) is 0 Å². The van der Waals surface area contributed by atoms with E-state index in [2.05, 4.69) is 0 Å². The lowest BCUT2D eigenvalue weighted by Gasteiger charge is -1.90. The number of rotatable bonds is 1. The van der Waals surface area contributed by atoms with Crippen molar-refractivity contribution in [2.45, 2.75) is 0 Å². The lowest BCUT2D eigenvalue weighted by atomic mass is 10.8. The minimum absolute atomic E-state index is 0.0972. The van der Waals surface area contributed by atoms with Gasteiger partial charge in [-0.25, -0.2) is 0 Å². The molecule has 0 bridgehead atoms. The number of aliphatic hydroxyl groups is 1. The third-order valence-corrected chi connectivity index (χ3v) is 0.129. The second kappa shape index (κ2) is 9.99. The van der Waals surface area contributed by atoms with E-state index < -0.39 is 0 Å². The highest BCUT2D eigenvalue weighted by Gasteiger charge is 1.58. The molecule has 0 fully saturated rings. The molecule has 0 saturated heterocycles. The zero-order valence-corrected chi connectivity index (χ0v) is 5.89. The standard InChI is InChI=1S/C3H9N.C2H7NO/c1-4(2)3;3-1-2-4/h1-3H3;4H,1-3H2. The molecule has 0 aliphatic rings. The average Bonchev–Trinajstić information content (AvgIpc) is 1.65. The predicted molar refractivity (Wildman–Crippen MR) is 35.8 cm³/mol. The van der Waals surface area contributed by atoms with Crippen molar-refractivity contribution in [3.05, 3.63) is 0 Å². The van der Waals surface area contributed by atoms with E-state index in [1.165, 1.54) is 0 Å². The molecule has 0 aliphatic carbocycles. The molecule has 0 aliphatic heterocycles. The monoisotopic (exact) mass is 120 g/mol. The maximum atomic E-state index is 7.75. The van der Waals surface area contributed by atoms with Crippen molar-refractivity contribution < 1.29 is 5.11 Å². The Balaban J connectivity index is 0. The van der Waals surface area contributed by atoms with Crippen LogP contribution >= 0.6 is 0 Å². The van der Waals surface area contributed by atoms with Gasteiger partial charge in [-0.05, 0) is 21.1 Å². The summed E-state index contributed by atoms with van der Waals surface area (Å²) in [6.07, 6.45) is 0. The molecular formula is C5H16N2O. The zero-order valence-electron chi connectivity index (χ0n) is 5.89. The smallest absolute Gasteiger partial charge is 0.0553 e. The van der Waals surface area contributed by atoms with Gasteiger partial charge in [-0.1, -0.05) is 0 Å². The molecule has 52 valence electrons. The van der Waals surface area contributed by atoms with Crippen LogP contribution in [0.25, 0.3) is 0 Å². The van der Waals surface area contributed by atoms with Gasteiger partial charge in [0.25, 0.3) is 0 Å². The molecule has 0 aromatic rings. The highest BCUT2D eigenvalue weighted by atomic mass is 16.3. The molecule has 0 radical (unpaired) electrons. The molecule has 0 spiro atoms. The van der Waals surface area contributed by atoms with Crippen LogP contribution < -0.4 is 5.73 Å². The van der Waals surface area contributed by atoms with Gasteiger partial charge < -0.3 is 15.7 Å². The average molecular weight is 120 g/mol. The topological polar surface area (TPSA) is 49.5 Å². The molecule has 0 aromatic heterocycles. The zero-order chi connectivity index (χ0) is 6.99. The van der Waals surface area contributed by atoms with Gasteiger partial charge in [0.2, 0.25) is 0 Å². The van der Waals surface area contributed by atoms with Crippen molar-refractivity contribution in [1.82, 2.24) is 4.90 Å². The van der Waals surface area contributed by atoms with Gasteiger partial charge in [-0.2, -0.15) is 0 Å². The minimum atomic E-state index is 0.0972. The molecule has 3 nitrogen and oxygen atoms in total.